The van der Waals surface area contributed by atoms with Gasteiger partial charge >= 0.3 is 0 Å². The fourth-order valence-corrected chi connectivity index (χ4v) is 3.47. The van der Waals surface area contributed by atoms with E-state index in [1.165, 1.54) is 18.9 Å². The van der Waals surface area contributed by atoms with Gasteiger partial charge in [0.1, 0.15) is 0 Å². The van der Waals surface area contributed by atoms with Crippen molar-refractivity contribution in [1.82, 2.24) is 0 Å². The summed E-state index contributed by atoms with van der Waals surface area (Å²) in [6.45, 7) is 9.70. The van der Waals surface area contributed by atoms with Gasteiger partial charge in [-0.3, -0.25) is 0 Å². The number of hydrogen-bond acceptors (Lipinski definition) is 0. The highest BCUT2D eigenvalue weighted by molar-refractivity contribution is 6.76. The molecule has 0 aromatic carbocycles. The van der Waals surface area contributed by atoms with E-state index in [4.69, 9.17) is 0 Å². The second-order valence-electron chi connectivity index (χ2n) is 5.08. The first kappa shape index (κ1) is 9.05. The number of rotatable bonds is 2. The van der Waals surface area contributed by atoms with E-state index in [0.29, 0.717) is 0 Å². The summed E-state index contributed by atoms with van der Waals surface area (Å²) in [6, 6.07) is 1.43. The number of hydrogen-bond donors (Lipinski definition) is 0. The van der Waals surface area contributed by atoms with Crippen molar-refractivity contribution in [3.63, 3.8) is 0 Å². The maximum atomic E-state index is 2.50. The first-order chi connectivity index (χ1) is 4.97. The third-order valence-corrected chi connectivity index (χ3v) is 3.71. The summed E-state index contributed by atoms with van der Waals surface area (Å²) in [6.07, 6.45) is 5.28. The van der Waals surface area contributed by atoms with Gasteiger partial charge in [0.05, 0.1) is 0 Å². The van der Waals surface area contributed by atoms with Gasteiger partial charge in [0.2, 0.25) is 0 Å². The third-order valence-electron chi connectivity index (χ3n) is 2.20. The molecule has 1 unspecified atom stereocenters. The summed E-state index contributed by atoms with van der Waals surface area (Å²) in [5.41, 5.74) is 1.75. The Bertz CT molecular complexity index is 162. The first-order valence-electron chi connectivity index (χ1n) is 4.67. The van der Waals surface area contributed by atoms with Crippen molar-refractivity contribution in [2.45, 2.75) is 45.5 Å². The van der Waals surface area contributed by atoms with Crippen molar-refractivity contribution in [2.75, 3.05) is 0 Å². The maximum absolute atomic E-state index is 2.50. The quantitative estimate of drug-likeness (QED) is 0.436. The summed E-state index contributed by atoms with van der Waals surface area (Å²) in [5.74, 6) is 0.862. The van der Waals surface area contributed by atoms with Crippen LogP contribution < -0.4 is 0 Å². The lowest BCUT2D eigenvalue weighted by atomic mass is 10.2. The summed E-state index contributed by atoms with van der Waals surface area (Å²) < 4.78 is 0. The molecule has 1 aliphatic rings. The third kappa shape index (κ3) is 3.24. The van der Waals surface area contributed by atoms with E-state index >= 15 is 0 Å². The molecule has 0 nitrogen and oxygen atoms in total. The van der Waals surface area contributed by atoms with E-state index in [1.54, 1.807) is 5.57 Å². The Morgan fingerprint density at radius 2 is 2.09 bits per heavy atom. The van der Waals surface area contributed by atoms with Crippen LogP contribution >= 0.6 is 0 Å². The molecule has 0 aliphatic heterocycles. The van der Waals surface area contributed by atoms with Gasteiger partial charge in [0, 0.05) is 8.07 Å². The molecule has 0 aromatic rings. The first-order valence-corrected chi connectivity index (χ1v) is 8.38. The lowest BCUT2D eigenvalue weighted by Gasteiger charge is -2.15. The van der Waals surface area contributed by atoms with Crippen molar-refractivity contribution >= 4 is 8.07 Å². The van der Waals surface area contributed by atoms with Crippen LogP contribution in [0.25, 0.3) is 0 Å². The van der Waals surface area contributed by atoms with Crippen LogP contribution in [0.1, 0.15) is 19.8 Å². The minimum absolute atomic E-state index is 0.820. The zero-order chi connectivity index (χ0) is 8.48. The standard InChI is InChI=1S/C10H20Si/c1-9-5-6-10(7-9)8-11(2,3)4/h7,9H,5-6,8H2,1-4H3. The van der Waals surface area contributed by atoms with Crippen LogP contribution in [0.3, 0.4) is 0 Å². The van der Waals surface area contributed by atoms with Crippen molar-refractivity contribution in [2.24, 2.45) is 5.92 Å². The van der Waals surface area contributed by atoms with Crippen molar-refractivity contribution in [3.05, 3.63) is 11.6 Å². The molecule has 0 heterocycles. The Kier molecular flexibility index (Phi) is 2.58. The van der Waals surface area contributed by atoms with Crippen molar-refractivity contribution in [3.8, 4) is 0 Å². The molecule has 0 bridgehead atoms. The van der Waals surface area contributed by atoms with E-state index < -0.39 is 8.07 Å². The van der Waals surface area contributed by atoms with Gasteiger partial charge in [-0.15, -0.1) is 0 Å². The Morgan fingerprint density at radius 1 is 1.45 bits per heavy atom. The van der Waals surface area contributed by atoms with Gasteiger partial charge in [0.15, 0.2) is 0 Å². The van der Waals surface area contributed by atoms with Crippen LogP contribution in [0.2, 0.25) is 25.7 Å². The van der Waals surface area contributed by atoms with Gasteiger partial charge in [0.25, 0.3) is 0 Å². The molecule has 0 spiro atoms. The highest BCUT2D eigenvalue weighted by atomic mass is 28.3. The average Bonchev–Trinajstić information content (AvgIpc) is 2.10. The van der Waals surface area contributed by atoms with Gasteiger partial charge < -0.3 is 0 Å². The molecule has 1 heteroatoms. The minimum atomic E-state index is -0.820. The monoisotopic (exact) mass is 168 g/mol. The second kappa shape index (κ2) is 3.14. The molecule has 1 aliphatic carbocycles. The van der Waals surface area contributed by atoms with Gasteiger partial charge in [-0.2, -0.15) is 0 Å². The summed E-state index contributed by atoms with van der Waals surface area (Å²) >= 11 is 0. The lowest BCUT2D eigenvalue weighted by molar-refractivity contribution is 0.698. The van der Waals surface area contributed by atoms with Crippen LogP contribution in [0.5, 0.6) is 0 Å². The Labute approximate surface area is 71.7 Å². The molecular formula is C10H20Si. The van der Waals surface area contributed by atoms with Crippen LogP contribution in [0, 0.1) is 5.92 Å². The molecule has 11 heavy (non-hydrogen) atoms. The molecule has 0 radical (unpaired) electrons. The SMILES string of the molecule is CC1C=C(C[Si](C)(C)C)CC1. The minimum Gasteiger partial charge on any atom is -0.0828 e. The summed E-state index contributed by atoms with van der Waals surface area (Å²) in [4.78, 5) is 0. The van der Waals surface area contributed by atoms with Crippen molar-refractivity contribution in [1.29, 1.82) is 0 Å². The highest BCUT2D eigenvalue weighted by Crippen LogP contribution is 2.29. The second-order valence-corrected chi connectivity index (χ2v) is 10.6. The van der Waals surface area contributed by atoms with Crippen LogP contribution in [0.4, 0.5) is 0 Å². The molecular weight excluding hydrogens is 148 g/mol. The number of allylic oxidation sites excluding steroid dienone is 2. The molecule has 1 rings (SSSR count). The fourth-order valence-electron chi connectivity index (χ4n) is 1.81. The molecule has 64 valence electrons. The van der Waals surface area contributed by atoms with E-state index in [2.05, 4.69) is 32.6 Å². The molecule has 1 atom stereocenters. The Morgan fingerprint density at radius 3 is 2.45 bits per heavy atom. The largest absolute Gasteiger partial charge is 0.0828 e. The Hall–Kier alpha value is -0.0431. The fraction of sp³-hybridized carbons (Fsp3) is 0.800. The predicted octanol–water partition coefficient (Wildman–Crippen LogP) is 3.68. The normalized spacial score (nSPS) is 25.5. The molecule has 0 aromatic heterocycles. The molecule has 0 saturated heterocycles. The smallest absolute Gasteiger partial charge is 0.0483 e. The van der Waals surface area contributed by atoms with Crippen LogP contribution in [-0.2, 0) is 0 Å². The summed E-state index contributed by atoms with van der Waals surface area (Å²) in [5, 5.41) is 0. The van der Waals surface area contributed by atoms with E-state index in [1.807, 2.05) is 0 Å². The summed E-state index contributed by atoms with van der Waals surface area (Å²) in [7, 11) is -0.820. The van der Waals surface area contributed by atoms with Crippen LogP contribution in [-0.4, -0.2) is 8.07 Å². The zero-order valence-corrected chi connectivity index (χ0v) is 9.28. The van der Waals surface area contributed by atoms with Crippen LogP contribution in [0.15, 0.2) is 11.6 Å². The molecule has 0 amide bonds. The van der Waals surface area contributed by atoms with Crippen molar-refractivity contribution < 1.29 is 0 Å². The zero-order valence-electron chi connectivity index (χ0n) is 8.28. The predicted molar refractivity (Wildman–Crippen MR) is 54.6 cm³/mol. The highest BCUT2D eigenvalue weighted by Gasteiger charge is 2.19. The van der Waals surface area contributed by atoms with Gasteiger partial charge in [-0.25, -0.2) is 0 Å². The van der Waals surface area contributed by atoms with Gasteiger partial charge in [-0.1, -0.05) is 38.2 Å². The maximum Gasteiger partial charge on any atom is 0.0483 e. The average molecular weight is 168 g/mol. The van der Waals surface area contributed by atoms with E-state index in [-0.39, 0.29) is 0 Å². The lowest BCUT2D eigenvalue weighted by Crippen LogP contribution is -2.19. The van der Waals surface area contributed by atoms with E-state index in [9.17, 15) is 0 Å². The molecule has 0 saturated carbocycles. The Balaban J connectivity index is 2.45. The molecule has 0 N–H and O–H groups in total. The molecule has 0 fully saturated rings. The van der Waals surface area contributed by atoms with E-state index in [0.717, 1.165) is 5.92 Å². The van der Waals surface area contributed by atoms with Gasteiger partial charge in [-0.05, 0) is 24.8 Å². The topological polar surface area (TPSA) is 0 Å².